The molecule has 1 aromatic carbocycles. The maximum atomic E-state index is 13.6. The number of aryl methyl sites for hydroxylation is 2. The number of halogens is 3. The van der Waals surface area contributed by atoms with E-state index in [4.69, 9.17) is 9.47 Å². The van der Waals surface area contributed by atoms with Gasteiger partial charge in [0.05, 0.1) is 30.2 Å². The summed E-state index contributed by atoms with van der Waals surface area (Å²) in [5, 5.41) is 7.08. The normalized spacial score (nSPS) is 14.6. The van der Waals surface area contributed by atoms with Gasteiger partial charge in [-0.15, -0.1) is 0 Å². The molecule has 3 aromatic heterocycles. The van der Waals surface area contributed by atoms with Crippen LogP contribution in [0.4, 0.5) is 19.0 Å². The lowest BCUT2D eigenvalue weighted by atomic mass is 10.0. The monoisotopic (exact) mass is 512 g/mol. The summed E-state index contributed by atoms with van der Waals surface area (Å²) in [6.45, 7) is 4.52. The molecule has 0 unspecified atom stereocenters. The van der Waals surface area contributed by atoms with Crippen LogP contribution in [0.2, 0.25) is 0 Å². The van der Waals surface area contributed by atoms with Crippen molar-refractivity contribution in [2.75, 3.05) is 18.5 Å². The van der Waals surface area contributed by atoms with E-state index in [2.05, 4.69) is 25.4 Å². The third-order valence-electron chi connectivity index (χ3n) is 5.98. The van der Waals surface area contributed by atoms with E-state index in [-0.39, 0.29) is 34.9 Å². The number of fused-ring (bicyclic) bond motifs is 1. The molecule has 4 aromatic rings. The molecule has 0 radical (unpaired) electrons. The van der Waals surface area contributed by atoms with Crippen LogP contribution in [0.15, 0.2) is 42.6 Å². The molecule has 1 amide bonds. The van der Waals surface area contributed by atoms with Crippen molar-refractivity contribution < 1.29 is 27.4 Å². The van der Waals surface area contributed by atoms with Crippen molar-refractivity contribution in [2.45, 2.75) is 39.0 Å². The maximum Gasteiger partial charge on any atom is 0.417 e. The fourth-order valence-corrected chi connectivity index (χ4v) is 4.21. The lowest BCUT2D eigenvalue weighted by Gasteiger charge is -2.22. The molecule has 0 saturated carbocycles. The number of ether oxygens (including phenoxy) is 2. The third kappa shape index (κ3) is 5.10. The number of alkyl halides is 3. The van der Waals surface area contributed by atoms with Gasteiger partial charge in [0, 0.05) is 24.6 Å². The first-order valence-corrected chi connectivity index (χ1v) is 11.6. The number of aromatic nitrogens is 5. The van der Waals surface area contributed by atoms with E-state index < -0.39 is 17.6 Å². The Hall–Kier alpha value is -4.06. The number of anilines is 1. The van der Waals surface area contributed by atoms with Gasteiger partial charge in [-0.3, -0.25) is 4.79 Å². The van der Waals surface area contributed by atoms with Crippen molar-refractivity contribution in [1.82, 2.24) is 24.6 Å². The van der Waals surface area contributed by atoms with Crippen LogP contribution < -0.4 is 10.1 Å². The molecule has 4 heterocycles. The zero-order valence-corrected chi connectivity index (χ0v) is 20.0. The Bertz CT molecular complexity index is 1460. The van der Waals surface area contributed by atoms with Gasteiger partial charge in [0.25, 0.3) is 5.91 Å². The number of nitrogens with one attached hydrogen (secondary N) is 1. The van der Waals surface area contributed by atoms with Gasteiger partial charge in [0.1, 0.15) is 11.9 Å². The predicted molar refractivity (Wildman–Crippen MR) is 127 cm³/mol. The lowest BCUT2D eigenvalue weighted by molar-refractivity contribution is -0.137. The van der Waals surface area contributed by atoms with Crippen molar-refractivity contribution in [3.8, 4) is 17.3 Å². The second-order valence-corrected chi connectivity index (χ2v) is 8.65. The Labute approximate surface area is 209 Å². The molecule has 1 aliphatic heterocycles. The molecule has 12 heteroatoms. The zero-order valence-electron chi connectivity index (χ0n) is 20.0. The second-order valence-electron chi connectivity index (χ2n) is 8.65. The first-order chi connectivity index (χ1) is 17.7. The number of benzene rings is 1. The minimum Gasteiger partial charge on any atom is -0.460 e. The van der Waals surface area contributed by atoms with Crippen LogP contribution in [0.25, 0.3) is 16.9 Å². The molecule has 1 saturated heterocycles. The minimum atomic E-state index is -4.57. The molecule has 1 aliphatic rings. The summed E-state index contributed by atoms with van der Waals surface area (Å²) >= 11 is 0. The number of carbonyl (C=O) groups excluding carboxylic acids is 1. The summed E-state index contributed by atoms with van der Waals surface area (Å²) in [6.07, 6.45) is -1.75. The summed E-state index contributed by atoms with van der Waals surface area (Å²) < 4.78 is 53.3. The lowest BCUT2D eigenvalue weighted by Crippen LogP contribution is -2.26. The number of carbonyl (C=O) groups is 1. The van der Waals surface area contributed by atoms with E-state index in [0.717, 1.165) is 6.07 Å². The summed E-state index contributed by atoms with van der Waals surface area (Å²) in [4.78, 5) is 26.1. The van der Waals surface area contributed by atoms with Gasteiger partial charge in [-0.25, -0.2) is 14.5 Å². The molecule has 1 N–H and O–H groups in total. The van der Waals surface area contributed by atoms with Crippen molar-refractivity contribution in [2.24, 2.45) is 0 Å². The first-order valence-electron chi connectivity index (χ1n) is 11.6. The van der Waals surface area contributed by atoms with Crippen molar-refractivity contribution in [3.05, 3.63) is 65.1 Å². The highest BCUT2D eigenvalue weighted by molar-refractivity contribution is 6.04. The SMILES string of the molecule is Cc1nc2c(C)cc(-c3ccccc3C(F)(F)F)nn2c1C(=O)Nc1ccnc(OC2CCOCC2)n1. The van der Waals surface area contributed by atoms with Crippen molar-refractivity contribution in [3.63, 3.8) is 0 Å². The Morgan fingerprint density at radius 2 is 1.89 bits per heavy atom. The Morgan fingerprint density at radius 3 is 2.65 bits per heavy atom. The number of rotatable bonds is 5. The molecule has 0 spiro atoms. The highest BCUT2D eigenvalue weighted by Gasteiger charge is 2.34. The zero-order chi connectivity index (χ0) is 26.2. The molecule has 0 atom stereocenters. The van der Waals surface area contributed by atoms with Gasteiger partial charge in [0.2, 0.25) is 0 Å². The number of hydrogen-bond donors (Lipinski definition) is 1. The molecule has 0 aliphatic carbocycles. The Balaban J connectivity index is 1.48. The van der Waals surface area contributed by atoms with Crippen LogP contribution in [0.3, 0.4) is 0 Å². The van der Waals surface area contributed by atoms with Crippen LogP contribution in [-0.2, 0) is 10.9 Å². The average Bonchev–Trinajstić information content (AvgIpc) is 3.21. The molecule has 5 rings (SSSR count). The standard InChI is InChI=1S/C25H23F3N6O3/c1-14-13-19(17-5-3-4-6-18(17)25(26,27)28)33-34-21(15(2)30-22(14)34)23(35)31-20-7-10-29-24(32-20)37-16-8-11-36-12-9-16/h3-7,10,13,16H,8-9,11-12H2,1-2H3,(H,29,31,32,35). The fourth-order valence-electron chi connectivity index (χ4n) is 4.21. The highest BCUT2D eigenvalue weighted by atomic mass is 19.4. The van der Waals surface area contributed by atoms with E-state index in [1.165, 1.54) is 41.0 Å². The largest absolute Gasteiger partial charge is 0.460 e. The van der Waals surface area contributed by atoms with E-state index >= 15 is 0 Å². The van der Waals surface area contributed by atoms with Crippen LogP contribution in [0, 0.1) is 13.8 Å². The number of imidazole rings is 1. The van der Waals surface area contributed by atoms with Crippen LogP contribution >= 0.6 is 0 Å². The molecule has 0 bridgehead atoms. The number of hydrogen-bond acceptors (Lipinski definition) is 7. The molecular formula is C25H23F3N6O3. The molecule has 192 valence electrons. The summed E-state index contributed by atoms with van der Waals surface area (Å²) in [7, 11) is 0. The maximum absolute atomic E-state index is 13.6. The Morgan fingerprint density at radius 1 is 1.14 bits per heavy atom. The number of nitrogens with zero attached hydrogens (tertiary/aromatic N) is 5. The molecular weight excluding hydrogens is 489 g/mol. The minimum absolute atomic E-state index is 0.0681. The van der Waals surface area contributed by atoms with E-state index in [9.17, 15) is 18.0 Å². The van der Waals surface area contributed by atoms with E-state index in [1.807, 2.05) is 0 Å². The van der Waals surface area contributed by atoms with Gasteiger partial charge < -0.3 is 14.8 Å². The van der Waals surface area contributed by atoms with Crippen LogP contribution in [-0.4, -0.2) is 49.8 Å². The fraction of sp³-hybridized carbons (Fsp3) is 0.320. The topological polar surface area (TPSA) is 104 Å². The quantitative estimate of drug-likeness (QED) is 0.416. The van der Waals surface area contributed by atoms with Crippen LogP contribution in [0.5, 0.6) is 6.01 Å². The number of amides is 1. The average molecular weight is 512 g/mol. The third-order valence-corrected chi connectivity index (χ3v) is 5.98. The van der Waals surface area contributed by atoms with Gasteiger partial charge in [0.15, 0.2) is 11.3 Å². The summed E-state index contributed by atoms with van der Waals surface area (Å²) in [5.41, 5.74) is 0.529. The van der Waals surface area contributed by atoms with Crippen molar-refractivity contribution in [1.29, 1.82) is 0 Å². The summed E-state index contributed by atoms with van der Waals surface area (Å²) in [6, 6.07) is 8.33. The molecule has 37 heavy (non-hydrogen) atoms. The smallest absolute Gasteiger partial charge is 0.417 e. The van der Waals surface area contributed by atoms with Gasteiger partial charge >= 0.3 is 12.2 Å². The highest BCUT2D eigenvalue weighted by Crippen LogP contribution is 2.36. The first kappa shape index (κ1) is 24.6. The summed E-state index contributed by atoms with van der Waals surface area (Å²) in [5.74, 6) is -0.374. The molecule has 9 nitrogen and oxygen atoms in total. The molecule has 1 fully saturated rings. The van der Waals surface area contributed by atoms with E-state index in [1.54, 1.807) is 13.8 Å². The van der Waals surface area contributed by atoms with Crippen LogP contribution in [0.1, 0.15) is 40.2 Å². The van der Waals surface area contributed by atoms with Gasteiger partial charge in [-0.2, -0.15) is 23.3 Å². The van der Waals surface area contributed by atoms with Crippen molar-refractivity contribution >= 4 is 17.4 Å². The van der Waals surface area contributed by atoms with Gasteiger partial charge in [-0.05, 0) is 37.6 Å². The predicted octanol–water partition coefficient (Wildman–Crippen LogP) is 4.63. The van der Waals surface area contributed by atoms with Gasteiger partial charge in [-0.1, -0.05) is 18.2 Å². The van der Waals surface area contributed by atoms with E-state index in [0.29, 0.717) is 43.0 Å². The Kier molecular flexibility index (Phi) is 6.50. The second kappa shape index (κ2) is 9.77.